The Hall–Kier alpha value is -3.28. The molecule has 1 saturated carbocycles. The molecule has 30 heavy (non-hydrogen) atoms. The Balaban J connectivity index is 1.41. The van der Waals surface area contributed by atoms with E-state index in [4.69, 9.17) is 4.74 Å². The largest absolute Gasteiger partial charge is 0.488 e. The van der Waals surface area contributed by atoms with Crippen LogP contribution >= 0.6 is 0 Å². The summed E-state index contributed by atoms with van der Waals surface area (Å²) in [6, 6.07) is 17.7. The first-order chi connectivity index (χ1) is 14.6. The first-order valence-electron chi connectivity index (χ1n) is 10.5. The Morgan fingerprint density at radius 2 is 1.77 bits per heavy atom. The van der Waals surface area contributed by atoms with Crippen molar-refractivity contribution in [3.63, 3.8) is 0 Å². The van der Waals surface area contributed by atoms with E-state index in [1.807, 2.05) is 73.1 Å². The van der Waals surface area contributed by atoms with Crippen LogP contribution in [-0.2, 0) is 4.79 Å². The standard InChI is InChI=1S/C24H28N4O2/c1-17-24(18(2)28(27-17)19-10-4-3-5-11-19)26-23(29)16-25-21-14-8-9-15-22(21)30-20-12-6-7-13-20/h3-5,8-11,14-15,20,25H,6-7,12-13,16H2,1-2H3,(H,26,29). The lowest BCUT2D eigenvalue weighted by Crippen LogP contribution is -2.23. The Kier molecular flexibility index (Phi) is 6.02. The molecule has 1 aliphatic rings. The molecule has 1 aromatic heterocycles. The summed E-state index contributed by atoms with van der Waals surface area (Å²) in [5, 5.41) is 10.8. The summed E-state index contributed by atoms with van der Waals surface area (Å²) >= 11 is 0. The Morgan fingerprint density at radius 3 is 2.53 bits per heavy atom. The second kappa shape index (κ2) is 9.03. The first kappa shape index (κ1) is 20.0. The monoisotopic (exact) mass is 404 g/mol. The average Bonchev–Trinajstić information content (AvgIpc) is 3.37. The van der Waals surface area contributed by atoms with Gasteiger partial charge < -0.3 is 15.4 Å². The van der Waals surface area contributed by atoms with Gasteiger partial charge in [0.1, 0.15) is 5.75 Å². The van der Waals surface area contributed by atoms with Gasteiger partial charge in [-0.15, -0.1) is 0 Å². The molecule has 0 aliphatic heterocycles. The van der Waals surface area contributed by atoms with Crippen LogP contribution in [0.1, 0.15) is 37.1 Å². The number of benzene rings is 2. The lowest BCUT2D eigenvalue weighted by atomic mass is 10.2. The number of carbonyl (C=O) groups excluding carboxylic acids is 1. The minimum absolute atomic E-state index is 0.121. The van der Waals surface area contributed by atoms with Crippen molar-refractivity contribution in [1.29, 1.82) is 0 Å². The molecular formula is C24H28N4O2. The van der Waals surface area contributed by atoms with Gasteiger partial charge in [0.05, 0.1) is 41.1 Å². The number of hydrogen-bond donors (Lipinski definition) is 2. The van der Waals surface area contributed by atoms with Crippen molar-refractivity contribution in [1.82, 2.24) is 9.78 Å². The zero-order valence-corrected chi connectivity index (χ0v) is 17.5. The fraction of sp³-hybridized carbons (Fsp3) is 0.333. The fourth-order valence-corrected chi connectivity index (χ4v) is 3.90. The van der Waals surface area contributed by atoms with E-state index >= 15 is 0 Å². The van der Waals surface area contributed by atoms with Crippen LogP contribution in [-0.4, -0.2) is 28.3 Å². The minimum atomic E-state index is -0.121. The molecule has 6 nitrogen and oxygen atoms in total. The Bertz CT molecular complexity index is 1010. The molecule has 6 heteroatoms. The van der Waals surface area contributed by atoms with Gasteiger partial charge in [0.25, 0.3) is 0 Å². The lowest BCUT2D eigenvalue weighted by Gasteiger charge is -2.17. The van der Waals surface area contributed by atoms with E-state index < -0.39 is 0 Å². The van der Waals surface area contributed by atoms with Gasteiger partial charge >= 0.3 is 0 Å². The van der Waals surface area contributed by atoms with Crippen LogP contribution in [0.4, 0.5) is 11.4 Å². The summed E-state index contributed by atoms with van der Waals surface area (Å²) in [5.74, 6) is 0.686. The third-order valence-electron chi connectivity index (χ3n) is 5.48. The maximum atomic E-state index is 12.6. The van der Waals surface area contributed by atoms with Gasteiger partial charge in [0.15, 0.2) is 0 Å². The quantitative estimate of drug-likeness (QED) is 0.590. The van der Waals surface area contributed by atoms with Crippen molar-refractivity contribution in [2.45, 2.75) is 45.6 Å². The molecule has 0 radical (unpaired) electrons. The van der Waals surface area contributed by atoms with E-state index in [9.17, 15) is 4.79 Å². The SMILES string of the molecule is Cc1nn(-c2ccccc2)c(C)c1NC(=O)CNc1ccccc1OC1CCCC1. The summed E-state index contributed by atoms with van der Waals surface area (Å²) < 4.78 is 7.99. The molecule has 1 heterocycles. The zero-order valence-electron chi connectivity index (χ0n) is 17.5. The maximum Gasteiger partial charge on any atom is 0.243 e. The van der Waals surface area contributed by atoms with Crippen LogP contribution < -0.4 is 15.4 Å². The van der Waals surface area contributed by atoms with Crippen molar-refractivity contribution < 1.29 is 9.53 Å². The number of hydrogen-bond acceptors (Lipinski definition) is 4. The maximum absolute atomic E-state index is 12.6. The fourth-order valence-electron chi connectivity index (χ4n) is 3.90. The molecule has 0 saturated heterocycles. The summed E-state index contributed by atoms with van der Waals surface area (Å²) in [7, 11) is 0. The predicted octanol–water partition coefficient (Wildman–Crippen LogP) is 4.86. The highest BCUT2D eigenvalue weighted by molar-refractivity contribution is 5.95. The normalized spacial score (nSPS) is 13.9. The summed E-state index contributed by atoms with van der Waals surface area (Å²) in [6.07, 6.45) is 4.91. The van der Waals surface area contributed by atoms with Gasteiger partial charge in [-0.05, 0) is 63.8 Å². The highest BCUT2D eigenvalue weighted by atomic mass is 16.5. The Morgan fingerprint density at radius 1 is 1.07 bits per heavy atom. The molecule has 0 atom stereocenters. The van der Waals surface area contributed by atoms with E-state index in [1.165, 1.54) is 12.8 Å². The molecular weight excluding hydrogens is 376 g/mol. The third kappa shape index (κ3) is 4.48. The summed E-state index contributed by atoms with van der Waals surface area (Å²) in [4.78, 5) is 12.6. The summed E-state index contributed by atoms with van der Waals surface area (Å²) in [6.45, 7) is 4.02. The lowest BCUT2D eigenvalue weighted by molar-refractivity contribution is -0.114. The number of anilines is 2. The number of rotatable bonds is 7. The molecule has 2 N–H and O–H groups in total. The minimum Gasteiger partial charge on any atom is -0.488 e. The van der Waals surface area contributed by atoms with E-state index in [0.29, 0.717) is 0 Å². The van der Waals surface area contributed by atoms with Gasteiger partial charge in [0, 0.05) is 0 Å². The van der Waals surface area contributed by atoms with Crippen LogP contribution in [0.3, 0.4) is 0 Å². The number of amides is 1. The van der Waals surface area contributed by atoms with Crippen molar-refractivity contribution in [3.8, 4) is 11.4 Å². The van der Waals surface area contributed by atoms with Crippen molar-refractivity contribution in [3.05, 3.63) is 66.0 Å². The second-order valence-electron chi connectivity index (χ2n) is 7.72. The van der Waals surface area contributed by atoms with Gasteiger partial charge in [-0.3, -0.25) is 4.79 Å². The number of carbonyl (C=O) groups is 1. The number of nitrogens with one attached hydrogen (secondary N) is 2. The van der Waals surface area contributed by atoms with Crippen LogP contribution in [0.5, 0.6) is 5.75 Å². The molecule has 4 rings (SSSR count). The van der Waals surface area contributed by atoms with Gasteiger partial charge in [-0.25, -0.2) is 4.68 Å². The predicted molar refractivity (Wildman–Crippen MR) is 119 cm³/mol. The molecule has 2 aromatic carbocycles. The van der Waals surface area contributed by atoms with Crippen LogP contribution in [0, 0.1) is 13.8 Å². The van der Waals surface area contributed by atoms with Gasteiger partial charge in [-0.2, -0.15) is 5.10 Å². The van der Waals surface area contributed by atoms with E-state index in [2.05, 4.69) is 15.7 Å². The number of ether oxygens (including phenoxy) is 1. The number of aromatic nitrogens is 2. The zero-order chi connectivity index (χ0) is 20.9. The van der Waals surface area contributed by atoms with Gasteiger partial charge in [0.2, 0.25) is 5.91 Å². The molecule has 156 valence electrons. The average molecular weight is 405 g/mol. The molecule has 3 aromatic rings. The van der Waals surface area contributed by atoms with Crippen molar-refractivity contribution in [2.75, 3.05) is 17.2 Å². The molecule has 1 fully saturated rings. The molecule has 0 bridgehead atoms. The molecule has 0 spiro atoms. The molecule has 1 amide bonds. The number of para-hydroxylation sites is 3. The van der Waals surface area contributed by atoms with Crippen molar-refractivity contribution >= 4 is 17.3 Å². The van der Waals surface area contributed by atoms with Crippen LogP contribution in [0.15, 0.2) is 54.6 Å². The highest BCUT2D eigenvalue weighted by Crippen LogP contribution is 2.29. The van der Waals surface area contributed by atoms with E-state index in [-0.39, 0.29) is 18.6 Å². The molecule has 0 unspecified atom stereocenters. The van der Waals surface area contributed by atoms with Crippen LogP contribution in [0.25, 0.3) is 5.69 Å². The van der Waals surface area contributed by atoms with Crippen LogP contribution in [0.2, 0.25) is 0 Å². The summed E-state index contributed by atoms with van der Waals surface area (Å²) in [5.41, 5.74) is 4.25. The first-order valence-corrected chi connectivity index (χ1v) is 10.5. The smallest absolute Gasteiger partial charge is 0.243 e. The van der Waals surface area contributed by atoms with Gasteiger partial charge in [-0.1, -0.05) is 30.3 Å². The Labute approximate surface area is 177 Å². The highest BCUT2D eigenvalue weighted by Gasteiger charge is 2.19. The molecule has 1 aliphatic carbocycles. The second-order valence-corrected chi connectivity index (χ2v) is 7.72. The van der Waals surface area contributed by atoms with E-state index in [1.54, 1.807) is 0 Å². The number of nitrogens with zero attached hydrogens (tertiary/aromatic N) is 2. The van der Waals surface area contributed by atoms with Crippen molar-refractivity contribution in [2.24, 2.45) is 0 Å². The van der Waals surface area contributed by atoms with E-state index in [0.717, 1.165) is 47.0 Å². The topological polar surface area (TPSA) is 68.2 Å². The number of aryl methyl sites for hydroxylation is 1. The third-order valence-corrected chi connectivity index (χ3v) is 5.48.